The number of rotatable bonds is 2. The van der Waals surface area contributed by atoms with Gasteiger partial charge in [0.1, 0.15) is 0 Å². The lowest BCUT2D eigenvalue weighted by Gasteiger charge is -2.26. The molecule has 0 aliphatic heterocycles. The van der Waals surface area contributed by atoms with Crippen LogP contribution in [0.15, 0.2) is 42.5 Å². The summed E-state index contributed by atoms with van der Waals surface area (Å²) >= 11 is 0. The molecule has 1 N–H and O–H groups in total. The van der Waals surface area contributed by atoms with Crippen molar-refractivity contribution in [2.75, 3.05) is 5.32 Å². The fourth-order valence-corrected chi connectivity index (χ4v) is 2.89. The number of benzene rings is 2. The highest BCUT2D eigenvalue weighted by Crippen LogP contribution is 2.24. The first kappa shape index (κ1) is 12.3. The number of hydrogen-bond acceptors (Lipinski definition) is 1. The Kier molecular flexibility index (Phi) is 3.29. The second kappa shape index (κ2) is 5.08. The maximum absolute atomic E-state index is 3.69. The van der Waals surface area contributed by atoms with Crippen molar-refractivity contribution >= 4 is 5.69 Å². The number of hydrogen-bond donors (Lipinski definition) is 1. The number of nitrogens with one attached hydrogen (secondary N) is 1. The van der Waals surface area contributed by atoms with Gasteiger partial charge in [-0.25, -0.2) is 0 Å². The van der Waals surface area contributed by atoms with Crippen molar-refractivity contribution in [1.29, 1.82) is 0 Å². The van der Waals surface area contributed by atoms with E-state index in [0.29, 0.717) is 6.04 Å². The zero-order valence-electron chi connectivity index (χ0n) is 11.7. The maximum Gasteiger partial charge on any atom is 0.0345 e. The van der Waals surface area contributed by atoms with E-state index in [1.807, 2.05) is 0 Å². The Bertz CT molecular complexity index is 586. The Labute approximate surface area is 115 Å². The van der Waals surface area contributed by atoms with Crippen molar-refractivity contribution in [3.05, 3.63) is 64.7 Å². The molecule has 0 aromatic heterocycles. The average Bonchev–Trinajstić information content (AvgIpc) is 2.43. The minimum absolute atomic E-state index is 0.567. The molecular formula is C18H21N. The molecule has 0 bridgehead atoms. The van der Waals surface area contributed by atoms with Crippen LogP contribution in [0.2, 0.25) is 0 Å². The standard InChI is InChI=1S/C18H21N/c1-13-7-9-17(11-14(13)2)19-18-10-8-15-5-3-4-6-16(15)12-18/h3-7,9,11,18-19H,8,10,12H2,1-2H3. The van der Waals surface area contributed by atoms with Crippen molar-refractivity contribution in [2.24, 2.45) is 0 Å². The van der Waals surface area contributed by atoms with E-state index in [1.54, 1.807) is 0 Å². The van der Waals surface area contributed by atoms with Gasteiger partial charge in [-0.3, -0.25) is 0 Å². The SMILES string of the molecule is Cc1ccc(NC2CCc3ccccc3C2)cc1C. The Morgan fingerprint density at radius 1 is 0.947 bits per heavy atom. The van der Waals surface area contributed by atoms with Crippen LogP contribution < -0.4 is 5.32 Å². The number of anilines is 1. The van der Waals surface area contributed by atoms with Crippen molar-refractivity contribution < 1.29 is 0 Å². The first-order chi connectivity index (χ1) is 9.22. The van der Waals surface area contributed by atoms with Gasteiger partial charge < -0.3 is 5.32 Å². The fourth-order valence-electron chi connectivity index (χ4n) is 2.89. The smallest absolute Gasteiger partial charge is 0.0345 e. The Morgan fingerprint density at radius 3 is 2.53 bits per heavy atom. The third-order valence-electron chi connectivity index (χ3n) is 4.22. The highest BCUT2D eigenvalue weighted by molar-refractivity contribution is 5.49. The van der Waals surface area contributed by atoms with Crippen LogP contribution in [0.5, 0.6) is 0 Å². The molecule has 1 heteroatoms. The summed E-state index contributed by atoms with van der Waals surface area (Å²) in [5.74, 6) is 0. The van der Waals surface area contributed by atoms with Crippen molar-refractivity contribution in [3.8, 4) is 0 Å². The van der Waals surface area contributed by atoms with Crippen LogP contribution in [-0.4, -0.2) is 6.04 Å². The molecule has 0 heterocycles. The summed E-state index contributed by atoms with van der Waals surface area (Å²) in [6.45, 7) is 4.34. The van der Waals surface area contributed by atoms with Gasteiger partial charge in [0, 0.05) is 11.7 Å². The quantitative estimate of drug-likeness (QED) is 0.840. The third kappa shape index (κ3) is 2.65. The first-order valence-electron chi connectivity index (χ1n) is 7.13. The molecule has 2 aromatic rings. The highest BCUT2D eigenvalue weighted by Gasteiger charge is 2.17. The summed E-state index contributed by atoms with van der Waals surface area (Å²) < 4.78 is 0. The van der Waals surface area contributed by atoms with E-state index >= 15 is 0 Å². The van der Waals surface area contributed by atoms with E-state index in [4.69, 9.17) is 0 Å². The second-order valence-electron chi connectivity index (χ2n) is 5.65. The summed E-state index contributed by atoms with van der Waals surface area (Å²) in [5.41, 5.74) is 7.02. The normalized spacial score (nSPS) is 17.9. The Balaban J connectivity index is 1.73. The Morgan fingerprint density at radius 2 is 1.74 bits per heavy atom. The monoisotopic (exact) mass is 251 g/mol. The predicted molar refractivity (Wildman–Crippen MR) is 81.8 cm³/mol. The van der Waals surface area contributed by atoms with Crippen LogP contribution in [0, 0.1) is 13.8 Å². The van der Waals surface area contributed by atoms with Crippen molar-refractivity contribution in [2.45, 2.75) is 39.2 Å². The molecule has 1 nitrogen and oxygen atoms in total. The highest BCUT2D eigenvalue weighted by atomic mass is 14.9. The van der Waals surface area contributed by atoms with Gasteiger partial charge in [-0.15, -0.1) is 0 Å². The van der Waals surface area contributed by atoms with E-state index in [1.165, 1.54) is 40.8 Å². The number of fused-ring (bicyclic) bond motifs is 1. The minimum Gasteiger partial charge on any atom is -0.382 e. The van der Waals surface area contributed by atoms with Gasteiger partial charge in [0.05, 0.1) is 0 Å². The van der Waals surface area contributed by atoms with Crippen LogP contribution in [0.25, 0.3) is 0 Å². The molecule has 0 radical (unpaired) electrons. The largest absolute Gasteiger partial charge is 0.382 e. The molecule has 98 valence electrons. The summed E-state index contributed by atoms with van der Waals surface area (Å²) in [7, 11) is 0. The molecule has 0 saturated heterocycles. The molecule has 1 unspecified atom stereocenters. The predicted octanol–water partition coefficient (Wildman–Crippen LogP) is 4.27. The van der Waals surface area contributed by atoms with Gasteiger partial charge in [-0.2, -0.15) is 0 Å². The lowest BCUT2D eigenvalue weighted by Crippen LogP contribution is -2.27. The molecule has 1 aliphatic carbocycles. The van der Waals surface area contributed by atoms with Crippen LogP contribution >= 0.6 is 0 Å². The lowest BCUT2D eigenvalue weighted by molar-refractivity contribution is 0.611. The molecule has 0 spiro atoms. The zero-order chi connectivity index (χ0) is 13.2. The summed E-state index contributed by atoms with van der Waals surface area (Å²) in [6.07, 6.45) is 3.56. The van der Waals surface area contributed by atoms with Crippen LogP contribution in [-0.2, 0) is 12.8 Å². The first-order valence-corrected chi connectivity index (χ1v) is 7.13. The van der Waals surface area contributed by atoms with Gasteiger partial charge in [0.2, 0.25) is 0 Å². The van der Waals surface area contributed by atoms with E-state index in [9.17, 15) is 0 Å². The van der Waals surface area contributed by atoms with Crippen molar-refractivity contribution in [3.63, 3.8) is 0 Å². The van der Waals surface area contributed by atoms with Crippen molar-refractivity contribution in [1.82, 2.24) is 0 Å². The second-order valence-corrected chi connectivity index (χ2v) is 5.65. The topological polar surface area (TPSA) is 12.0 Å². The fraction of sp³-hybridized carbons (Fsp3) is 0.333. The molecule has 1 aliphatic rings. The van der Waals surface area contributed by atoms with Gasteiger partial charge in [0.25, 0.3) is 0 Å². The van der Waals surface area contributed by atoms with E-state index in [0.717, 1.165) is 6.42 Å². The molecule has 0 saturated carbocycles. The van der Waals surface area contributed by atoms with E-state index in [-0.39, 0.29) is 0 Å². The van der Waals surface area contributed by atoms with Crippen LogP contribution in [0.4, 0.5) is 5.69 Å². The van der Waals surface area contributed by atoms with Gasteiger partial charge >= 0.3 is 0 Å². The molecule has 0 fully saturated rings. The maximum atomic E-state index is 3.69. The summed E-state index contributed by atoms with van der Waals surface area (Å²) in [6, 6.07) is 16.1. The van der Waals surface area contributed by atoms with Gasteiger partial charge in [-0.1, -0.05) is 30.3 Å². The van der Waals surface area contributed by atoms with Gasteiger partial charge in [0.15, 0.2) is 0 Å². The third-order valence-corrected chi connectivity index (χ3v) is 4.22. The van der Waals surface area contributed by atoms with Crippen LogP contribution in [0.3, 0.4) is 0 Å². The molecule has 19 heavy (non-hydrogen) atoms. The Hall–Kier alpha value is -1.76. The zero-order valence-corrected chi connectivity index (χ0v) is 11.7. The molecule has 1 atom stereocenters. The van der Waals surface area contributed by atoms with Gasteiger partial charge in [-0.05, 0) is 67.5 Å². The molecule has 0 amide bonds. The number of aryl methyl sites for hydroxylation is 3. The molecular weight excluding hydrogens is 230 g/mol. The minimum atomic E-state index is 0.567. The average molecular weight is 251 g/mol. The van der Waals surface area contributed by atoms with E-state index < -0.39 is 0 Å². The molecule has 2 aromatic carbocycles. The van der Waals surface area contributed by atoms with Crippen LogP contribution in [0.1, 0.15) is 28.7 Å². The summed E-state index contributed by atoms with van der Waals surface area (Å²) in [5, 5.41) is 3.69. The summed E-state index contributed by atoms with van der Waals surface area (Å²) in [4.78, 5) is 0. The van der Waals surface area contributed by atoms with E-state index in [2.05, 4.69) is 61.6 Å². The molecule has 3 rings (SSSR count). The lowest BCUT2D eigenvalue weighted by atomic mass is 9.88.